The van der Waals surface area contributed by atoms with Gasteiger partial charge in [-0.15, -0.1) is 0 Å². The highest BCUT2D eigenvalue weighted by Gasteiger charge is 2.13. The van der Waals surface area contributed by atoms with Crippen LogP contribution < -0.4 is 5.73 Å². The van der Waals surface area contributed by atoms with Crippen LogP contribution in [0, 0.1) is 5.92 Å². The summed E-state index contributed by atoms with van der Waals surface area (Å²) in [6, 6.07) is 0.435. The Hall–Kier alpha value is -0.830. The van der Waals surface area contributed by atoms with Crippen LogP contribution in [0.1, 0.15) is 45.0 Å². The summed E-state index contributed by atoms with van der Waals surface area (Å²) in [7, 11) is 0. The molecule has 3 heteroatoms. The summed E-state index contributed by atoms with van der Waals surface area (Å²) < 4.78 is 2.13. The first kappa shape index (κ1) is 12.2. The molecule has 0 aromatic carbocycles. The van der Waals surface area contributed by atoms with Gasteiger partial charge in [-0.3, -0.25) is 4.68 Å². The highest BCUT2D eigenvalue weighted by molar-refractivity contribution is 5.19. The third-order valence-electron chi connectivity index (χ3n) is 2.49. The van der Waals surface area contributed by atoms with E-state index >= 15 is 0 Å². The van der Waals surface area contributed by atoms with Gasteiger partial charge >= 0.3 is 0 Å². The second-order valence-corrected chi connectivity index (χ2v) is 4.79. The Morgan fingerprint density at radius 2 is 2.00 bits per heavy atom. The van der Waals surface area contributed by atoms with E-state index in [0.29, 0.717) is 18.5 Å². The van der Waals surface area contributed by atoms with Crippen molar-refractivity contribution in [2.45, 2.75) is 46.6 Å². The standard InChI is InChI=1S/C12H23N3/c1-9(2)7-12-11(5-6-13)8-14-15(12)10(3)4/h8-10H,5-7,13H2,1-4H3. The number of rotatable bonds is 5. The van der Waals surface area contributed by atoms with Crippen molar-refractivity contribution in [1.29, 1.82) is 0 Å². The molecule has 0 saturated carbocycles. The predicted octanol–water partition coefficient (Wildman–Crippen LogP) is 2.16. The van der Waals surface area contributed by atoms with E-state index in [4.69, 9.17) is 5.73 Å². The van der Waals surface area contributed by atoms with Crippen LogP contribution in [0.25, 0.3) is 0 Å². The average Bonchev–Trinajstić information content (AvgIpc) is 2.48. The van der Waals surface area contributed by atoms with Gasteiger partial charge in [-0.2, -0.15) is 5.10 Å². The third-order valence-corrected chi connectivity index (χ3v) is 2.49. The van der Waals surface area contributed by atoms with Crippen LogP contribution in [-0.2, 0) is 12.8 Å². The number of aromatic nitrogens is 2. The molecule has 0 bridgehead atoms. The van der Waals surface area contributed by atoms with E-state index in [-0.39, 0.29) is 0 Å². The lowest BCUT2D eigenvalue weighted by atomic mass is 10.0. The normalized spacial score (nSPS) is 11.7. The van der Waals surface area contributed by atoms with Gasteiger partial charge < -0.3 is 5.73 Å². The van der Waals surface area contributed by atoms with E-state index in [0.717, 1.165) is 12.8 Å². The second-order valence-electron chi connectivity index (χ2n) is 4.79. The fourth-order valence-electron chi connectivity index (χ4n) is 1.84. The van der Waals surface area contributed by atoms with Crippen LogP contribution in [0.5, 0.6) is 0 Å². The topological polar surface area (TPSA) is 43.8 Å². The minimum Gasteiger partial charge on any atom is -0.330 e. The summed E-state index contributed by atoms with van der Waals surface area (Å²) in [5.41, 5.74) is 8.29. The largest absolute Gasteiger partial charge is 0.330 e. The summed E-state index contributed by atoms with van der Waals surface area (Å²) in [6.45, 7) is 9.52. The lowest BCUT2D eigenvalue weighted by Gasteiger charge is -2.14. The zero-order chi connectivity index (χ0) is 11.4. The van der Waals surface area contributed by atoms with Crippen LogP contribution in [0.15, 0.2) is 6.20 Å². The van der Waals surface area contributed by atoms with Gasteiger partial charge in [0.1, 0.15) is 0 Å². The molecular formula is C12H23N3. The molecule has 0 aliphatic rings. The number of nitrogens with zero attached hydrogens (tertiary/aromatic N) is 2. The number of hydrogen-bond donors (Lipinski definition) is 1. The maximum absolute atomic E-state index is 5.61. The Bertz CT molecular complexity index is 300. The second kappa shape index (κ2) is 5.31. The molecule has 1 rings (SSSR count). The molecule has 1 aromatic rings. The van der Waals surface area contributed by atoms with E-state index in [9.17, 15) is 0 Å². The number of hydrogen-bond acceptors (Lipinski definition) is 2. The fourth-order valence-corrected chi connectivity index (χ4v) is 1.84. The van der Waals surface area contributed by atoms with Gasteiger partial charge in [-0.1, -0.05) is 13.8 Å². The van der Waals surface area contributed by atoms with Crippen molar-refractivity contribution in [2.24, 2.45) is 11.7 Å². The Labute approximate surface area is 92.7 Å². The van der Waals surface area contributed by atoms with Crippen LogP contribution in [0.4, 0.5) is 0 Å². The maximum Gasteiger partial charge on any atom is 0.0525 e. The summed E-state index contributed by atoms with van der Waals surface area (Å²) >= 11 is 0. The highest BCUT2D eigenvalue weighted by Crippen LogP contribution is 2.18. The molecule has 1 aromatic heterocycles. The van der Waals surface area contributed by atoms with Gasteiger partial charge in [0.05, 0.1) is 6.20 Å². The van der Waals surface area contributed by atoms with Gasteiger partial charge in [-0.05, 0) is 44.7 Å². The molecular weight excluding hydrogens is 186 g/mol. The first-order chi connectivity index (χ1) is 7.06. The molecule has 0 spiro atoms. The maximum atomic E-state index is 5.61. The summed E-state index contributed by atoms with van der Waals surface area (Å²) in [4.78, 5) is 0. The molecule has 0 amide bonds. The lowest BCUT2D eigenvalue weighted by molar-refractivity contribution is 0.487. The Kier molecular flexibility index (Phi) is 4.33. The lowest BCUT2D eigenvalue weighted by Crippen LogP contribution is -2.12. The van der Waals surface area contributed by atoms with Crippen molar-refractivity contribution in [1.82, 2.24) is 9.78 Å². The molecule has 0 aliphatic heterocycles. The van der Waals surface area contributed by atoms with E-state index < -0.39 is 0 Å². The van der Waals surface area contributed by atoms with Gasteiger partial charge in [0, 0.05) is 11.7 Å². The van der Waals surface area contributed by atoms with Crippen LogP contribution in [0.3, 0.4) is 0 Å². The summed E-state index contributed by atoms with van der Waals surface area (Å²) in [5.74, 6) is 0.663. The summed E-state index contributed by atoms with van der Waals surface area (Å²) in [6.07, 6.45) is 4.01. The SMILES string of the molecule is CC(C)Cc1c(CCN)cnn1C(C)C. The first-order valence-electron chi connectivity index (χ1n) is 5.81. The van der Waals surface area contributed by atoms with Gasteiger partial charge in [0.2, 0.25) is 0 Å². The molecule has 0 fully saturated rings. The van der Waals surface area contributed by atoms with Crippen molar-refractivity contribution in [3.05, 3.63) is 17.5 Å². The molecule has 0 saturated heterocycles. The monoisotopic (exact) mass is 209 g/mol. The molecule has 1 heterocycles. The zero-order valence-corrected chi connectivity index (χ0v) is 10.3. The van der Waals surface area contributed by atoms with Gasteiger partial charge in [0.15, 0.2) is 0 Å². The minimum atomic E-state index is 0.435. The molecule has 0 unspecified atom stereocenters. The Morgan fingerprint density at radius 3 is 2.47 bits per heavy atom. The van der Waals surface area contributed by atoms with Crippen molar-refractivity contribution in [3.63, 3.8) is 0 Å². The quantitative estimate of drug-likeness (QED) is 0.807. The van der Waals surface area contributed by atoms with E-state index in [1.165, 1.54) is 11.3 Å². The molecule has 0 radical (unpaired) electrons. The fraction of sp³-hybridized carbons (Fsp3) is 0.750. The van der Waals surface area contributed by atoms with Crippen LogP contribution in [0.2, 0.25) is 0 Å². The predicted molar refractivity (Wildman–Crippen MR) is 63.9 cm³/mol. The van der Waals surface area contributed by atoms with Crippen LogP contribution in [-0.4, -0.2) is 16.3 Å². The Balaban J connectivity index is 2.97. The van der Waals surface area contributed by atoms with E-state index in [2.05, 4.69) is 37.5 Å². The summed E-state index contributed by atoms with van der Waals surface area (Å²) in [5, 5.41) is 4.45. The van der Waals surface area contributed by atoms with Crippen molar-refractivity contribution in [3.8, 4) is 0 Å². The third kappa shape index (κ3) is 3.06. The van der Waals surface area contributed by atoms with E-state index in [1.54, 1.807) is 0 Å². The van der Waals surface area contributed by atoms with E-state index in [1.807, 2.05) is 6.20 Å². The first-order valence-corrected chi connectivity index (χ1v) is 5.81. The Morgan fingerprint density at radius 1 is 1.33 bits per heavy atom. The zero-order valence-electron chi connectivity index (χ0n) is 10.3. The molecule has 15 heavy (non-hydrogen) atoms. The molecule has 86 valence electrons. The number of nitrogens with two attached hydrogens (primary N) is 1. The minimum absolute atomic E-state index is 0.435. The van der Waals surface area contributed by atoms with Crippen molar-refractivity contribution < 1.29 is 0 Å². The highest BCUT2D eigenvalue weighted by atomic mass is 15.3. The van der Waals surface area contributed by atoms with Crippen LogP contribution >= 0.6 is 0 Å². The van der Waals surface area contributed by atoms with Crippen molar-refractivity contribution >= 4 is 0 Å². The van der Waals surface area contributed by atoms with Gasteiger partial charge in [0.25, 0.3) is 0 Å². The molecule has 2 N–H and O–H groups in total. The van der Waals surface area contributed by atoms with Crippen molar-refractivity contribution in [2.75, 3.05) is 6.54 Å². The smallest absolute Gasteiger partial charge is 0.0525 e. The average molecular weight is 209 g/mol. The molecule has 3 nitrogen and oxygen atoms in total. The molecule has 0 aliphatic carbocycles. The van der Waals surface area contributed by atoms with Gasteiger partial charge in [-0.25, -0.2) is 0 Å². The molecule has 0 atom stereocenters.